The minimum Gasteiger partial charge on any atom is -0.392 e. The second-order valence-corrected chi connectivity index (χ2v) is 4.14. The van der Waals surface area contributed by atoms with Crippen LogP contribution < -0.4 is 5.32 Å². The van der Waals surface area contributed by atoms with Crippen LogP contribution in [0.5, 0.6) is 0 Å². The molecular weight excluding hydrogens is 202 g/mol. The van der Waals surface area contributed by atoms with Gasteiger partial charge < -0.3 is 10.4 Å². The quantitative estimate of drug-likeness (QED) is 0.790. The summed E-state index contributed by atoms with van der Waals surface area (Å²) in [7, 11) is 0. The van der Waals surface area contributed by atoms with Crippen LogP contribution in [0.3, 0.4) is 0 Å². The molecule has 88 valence electrons. The summed E-state index contributed by atoms with van der Waals surface area (Å²) in [6.07, 6.45) is 0.727. The fourth-order valence-electron chi connectivity index (χ4n) is 1.36. The van der Waals surface area contributed by atoms with E-state index in [0.29, 0.717) is 13.0 Å². The van der Waals surface area contributed by atoms with E-state index < -0.39 is 6.10 Å². The number of aliphatic hydroxyl groups excluding tert-OH is 1. The number of aryl methyl sites for hydroxylation is 2. The van der Waals surface area contributed by atoms with Crippen molar-refractivity contribution in [2.24, 2.45) is 0 Å². The van der Waals surface area contributed by atoms with Crippen molar-refractivity contribution in [3.05, 3.63) is 35.4 Å². The highest BCUT2D eigenvalue weighted by Gasteiger charge is 2.03. The summed E-state index contributed by atoms with van der Waals surface area (Å²) in [5.74, 6) is -0.0125. The number of carbonyl (C=O) groups is 1. The summed E-state index contributed by atoms with van der Waals surface area (Å²) in [5.41, 5.74) is 2.39. The first-order chi connectivity index (χ1) is 7.58. The van der Waals surface area contributed by atoms with E-state index in [1.807, 2.05) is 31.2 Å². The predicted octanol–water partition coefficient (Wildman–Crippen LogP) is 1.42. The highest BCUT2D eigenvalue weighted by molar-refractivity contribution is 5.76. The molecule has 0 bridgehead atoms. The van der Waals surface area contributed by atoms with Crippen LogP contribution >= 0.6 is 0 Å². The summed E-state index contributed by atoms with van der Waals surface area (Å²) in [5, 5.41) is 11.7. The van der Waals surface area contributed by atoms with E-state index in [-0.39, 0.29) is 5.91 Å². The Morgan fingerprint density at radius 1 is 1.38 bits per heavy atom. The Hall–Kier alpha value is -1.35. The van der Waals surface area contributed by atoms with Gasteiger partial charge in [0.05, 0.1) is 6.10 Å². The molecule has 0 fully saturated rings. The number of nitrogens with one attached hydrogen (secondary N) is 1. The van der Waals surface area contributed by atoms with Crippen LogP contribution in [-0.2, 0) is 11.2 Å². The summed E-state index contributed by atoms with van der Waals surface area (Å²) in [6, 6.07) is 8.17. The predicted molar refractivity (Wildman–Crippen MR) is 64.2 cm³/mol. The first-order valence-electron chi connectivity index (χ1n) is 5.58. The maximum absolute atomic E-state index is 11.4. The maximum Gasteiger partial charge on any atom is 0.220 e. The summed E-state index contributed by atoms with van der Waals surface area (Å²) >= 11 is 0. The first-order valence-corrected chi connectivity index (χ1v) is 5.58. The molecule has 1 atom stereocenters. The molecule has 3 nitrogen and oxygen atoms in total. The zero-order valence-corrected chi connectivity index (χ0v) is 9.86. The molecule has 0 aliphatic heterocycles. The molecule has 0 radical (unpaired) electrons. The average Bonchev–Trinajstić information content (AvgIpc) is 2.25. The van der Waals surface area contributed by atoms with Gasteiger partial charge in [0.15, 0.2) is 0 Å². The van der Waals surface area contributed by atoms with Gasteiger partial charge >= 0.3 is 0 Å². The van der Waals surface area contributed by atoms with E-state index in [4.69, 9.17) is 5.11 Å². The van der Waals surface area contributed by atoms with Gasteiger partial charge in [-0.1, -0.05) is 29.8 Å². The van der Waals surface area contributed by atoms with Gasteiger partial charge in [-0.3, -0.25) is 4.79 Å². The monoisotopic (exact) mass is 221 g/mol. The van der Waals surface area contributed by atoms with Gasteiger partial charge in [-0.25, -0.2) is 0 Å². The summed E-state index contributed by atoms with van der Waals surface area (Å²) in [6.45, 7) is 4.02. The van der Waals surface area contributed by atoms with Gasteiger partial charge in [-0.15, -0.1) is 0 Å². The van der Waals surface area contributed by atoms with E-state index in [1.54, 1.807) is 6.92 Å². The third-order valence-corrected chi connectivity index (χ3v) is 2.36. The number of hydrogen-bond donors (Lipinski definition) is 2. The molecule has 1 rings (SSSR count). The van der Waals surface area contributed by atoms with Crippen molar-refractivity contribution in [1.29, 1.82) is 0 Å². The van der Waals surface area contributed by atoms with Gasteiger partial charge in [0.1, 0.15) is 0 Å². The van der Waals surface area contributed by atoms with E-state index in [0.717, 1.165) is 12.0 Å². The topological polar surface area (TPSA) is 49.3 Å². The average molecular weight is 221 g/mol. The summed E-state index contributed by atoms with van der Waals surface area (Å²) in [4.78, 5) is 11.4. The second kappa shape index (κ2) is 6.28. The Labute approximate surface area is 96.5 Å². The lowest BCUT2D eigenvalue weighted by molar-refractivity contribution is -0.121. The van der Waals surface area contributed by atoms with Crippen molar-refractivity contribution in [2.45, 2.75) is 32.8 Å². The zero-order chi connectivity index (χ0) is 12.0. The Balaban J connectivity index is 2.29. The third-order valence-electron chi connectivity index (χ3n) is 2.36. The lowest BCUT2D eigenvalue weighted by Gasteiger charge is -2.07. The van der Waals surface area contributed by atoms with E-state index in [1.165, 1.54) is 5.56 Å². The van der Waals surface area contributed by atoms with Crippen molar-refractivity contribution in [1.82, 2.24) is 5.32 Å². The van der Waals surface area contributed by atoms with Crippen molar-refractivity contribution in [3.63, 3.8) is 0 Å². The van der Waals surface area contributed by atoms with E-state index in [9.17, 15) is 4.79 Å². The number of carbonyl (C=O) groups excluding carboxylic acids is 1. The van der Waals surface area contributed by atoms with Crippen molar-refractivity contribution >= 4 is 5.91 Å². The van der Waals surface area contributed by atoms with Crippen LogP contribution in [0.4, 0.5) is 0 Å². The van der Waals surface area contributed by atoms with Crippen LogP contribution in [0.2, 0.25) is 0 Å². The number of hydrogen-bond acceptors (Lipinski definition) is 2. The molecular formula is C13H19NO2. The molecule has 0 spiro atoms. The number of rotatable bonds is 5. The summed E-state index contributed by atoms with van der Waals surface area (Å²) < 4.78 is 0. The molecule has 1 aromatic carbocycles. The molecule has 0 unspecified atom stereocenters. The van der Waals surface area contributed by atoms with Gasteiger partial charge in [-0.05, 0) is 25.8 Å². The molecule has 1 aromatic rings. The standard InChI is InChI=1S/C13H19NO2/c1-10-3-5-12(6-4-10)7-8-13(16)14-9-11(2)15/h3-6,11,15H,7-9H2,1-2H3,(H,14,16)/t11-/m0/s1. The van der Waals surface area contributed by atoms with Crippen LogP contribution in [0.15, 0.2) is 24.3 Å². The Morgan fingerprint density at radius 3 is 2.56 bits per heavy atom. The molecule has 0 aliphatic rings. The van der Waals surface area contributed by atoms with Gasteiger partial charge in [0, 0.05) is 13.0 Å². The third kappa shape index (κ3) is 4.94. The molecule has 3 heteroatoms. The van der Waals surface area contributed by atoms with Crippen LogP contribution in [0.1, 0.15) is 24.5 Å². The van der Waals surface area contributed by atoms with Gasteiger partial charge in [0.2, 0.25) is 5.91 Å². The molecule has 0 saturated heterocycles. The SMILES string of the molecule is Cc1ccc(CCC(=O)NC[C@H](C)O)cc1. The van der Waals surface area contributed by atoms with Gasteiger partial charge in [-0.2, -0.15) is 0 Å². The fraction of sp³-hybridized carbons (Fsp3) is 0.462. The number of aliphatic hydroxyl groups is 1. The normalized spacial score (nSPS) is 12.2. The zero-order valence-electron chi connectivity index (χ0n) is 9.86. The largest absolute Gasteiger partial charge is 0.392 e. The van der Waals surface area contributed by atoms with Crippen LogP contribution in [0, 0.1) is 6.92 Å². The Morgan fingerprint density at radius 2 is 2.00 bits per heavy atom. The van der Waals surface area contributed by atoms with E-state index >= 15 is 0 Å². The van der Waals surface area contributed by atoms with Crippen molar-refractivity contribution in [2.75, 3.05) is 6.54 Å². The maximum atomic E-state index is 11.4. The van der Waals surface area contributed by atoms with Crippen LogP contribution in [0.25, 0.3) is 0 Å². The molecule has 1 amide bonds. The minimum atomic E-state index is -0.483. The minimum absolute atomic E-state index is 0.0125. The molecule has 0 saturated carbocycles. The number of amides is 1. The highest BCUT2D eigenvalue weighted by atomic mass is 16.3. The first kappa shape index (κ1) is 12.7. The number of benzene rings is 1. The highest BCUT2D eigenvalue weighted by Crippen LogP contribution is 2.05. The Bertz CT molecular complexity index is 330. The van der Waals surface area contributed by atoms with Crippen molar-refractivity contribution < 1.29 is 9.90 Å². The molecule has 0 aromatic heterocycles. The van der Waals surface area contributed by atoms with Crippen molar-refractivity contribution in [3.8, 4) is 0 Å². The smallest absolute Gasteiger partial charge is 0.220 e. The van der Waals surface area contributed by atoms with Gasteiger partial charge in [0.25, 0.3) is 0 Å². The molecule has 0 heterocycles. The lowest BCUT2D eigenvalue weighted by Crippen LogP contribution is -2.30. The molecule has 2 N–H and O–H groups in total. The second-order valence-electron chi connectivity index (χ2n) is 4.14. The lowest BCUT2D eigenvalue weighted by atomic mass is 10.1. The molecule has 0 aliphatic carbocycles. The van der Waals surface area contributed by atoms with E-state index in [2.05, 4.69) is 5.32 Å². The van der Waals surface area contributed by atoms with Crippen LogP contribution in [-0.4, -0.2) is 23.7 Å². The fourth-order valence-corrected chi connectivity index (χ4v) is 1.36. The molecule has 16 heavy (non-hydrogen) atoms. The Kier molecular flexibility index (Phi) is 4.99.